The van der Waals surface area contributed by atoms with Crippen molar-refractivity contribution in [3.63, 3.8) is 0 Å². The first-order chi connectivity index (χ1) is 16.8. The van der Waals surface area contributed by atoms with Gasteiger partial charge in [0.25, 0.3) is 0 Å². The normalized spacial score (nSPS) is 22.6. The average Bonchev–Trinajstić information content (AvgIpc) is 3.66. The molecule has 1 aliphatic carbocycles. The number of benzene rings is 2. The van der Waals surface area contributed by atoms with Crippen LogP contribution in [0.5, 0.6) is 0 Å². The summed E-state index contributed by atoms with van der Waals surface area (Å²) in [4.78, 5) is 27.6. The van der Waals surface area contributed by atoms with Crippen LogP contribution < -0.4 is 10.2 Å². The summed E-state index contributed by atoms with van der Waals surface area (Å²) in [7, 11) is -3.72. The Bertz CT molecular complexity index is 1210. The molecule has 2 atom stereocenters. The Morgan fingerprint density at radius 2 is 1.80 bits per heavy atom. The number of carbonyl (C=O) groups excluding carboxylic acids is 2. The van der Waals surface area contributed by atoms with E-state index in [1.54, 1.807) is 18.2 Å². The lowest BCUT2D eigenvalue weighted by Gasteiger charge is -2.31. The van der Waals surface area contributed by atoms with Gasteiger partial charge in [0.05, 0.1) is 10.8 Å². The molecule has 186 valence electrons. The number of piperidine rings is 1. The molecule has 7 nitrogen and oxygen atoms in total. The molecule has 2 aromatic rings. The monoisotopic (exact) mass is 495 g/mol. The van der Waals surface area contributed by atoms with Crippen molar-refractivity contribution >= 4 is 27.5 Å². The second-order valence-electron chi connectivity index (χ2n) is 10.1. The van der Waals surface area contributed by atoms with Crippen LogP contribution in [-0.4, -0.2) is 50.2 Å². The molecular formula is C27H33N3O4S. The van der Waals surface area contributed by atoms with Gasteiger partial charge in [-0.2, -0.15) is 4.31 Å². The SMILES string of the molecule is CC1Cc2cc(S(=O)(=O)N3CCCC(C(=O)NCCc4ccccc4)C3)ccc2N1C(=O)C1CC1. The highest BCUT2D eigenvalue weighted by Gasteiger charge is 2.40. The van der Waals surface area contributed by atoms with E-state index in [4.69, 9.17) is 0 Å². The first-order valence-electron chi connectivity index (χ1n) is 12.6. The summed E-state index contributed by atoms with van der Waals surface area (Å²) in [6, 6.07) is 15.1. The number of hydrogen-bond acceptors (Lipinski definition) is 4. The summed E-state index contributed by atoms with van der Waals surface area (Å²) in [5.74, 6) is -0.159. The van der Waals surface area contributed by atoms with Gasteiger partial charge in [0.15, 0.2) is 0 Å². The van der Waals surface area contributed by atoms with Gasteiger partial charge in [0.2, 0.25) is 21.8 Å². The first-order valence-corrected chi connectivity index (χ1v) is 14.1. The lowest BCUT2D eigenvalue weighted by molar-refractivity contribution is -0.126. The Labute approximate surface area is 207 Å². The third kappa shape index (κ3) is 5.00. The van der Waals surface area contributed by atoms with Gasteiger partial charge in [-0.25, -0.2) is 8.42 Å². The van der Waals surface area contributed by atoms with Crippen molar-refractivity contribution in [1.82, 2.24) is 9.62 Å². The molecule has 0 spiro atoms. The van der Waals surface area contributed by atoms with Crippen LogP contribution in [0.3, 0.4) is 0 Å². The van der Waals surface area contributed by atoms with Crippen LogP contribution in [0.15, 0.2) is 53.4 Å². The number of carbonyl (C=O) groups is 2. The molecule has 5 rings (SSSR count). The number of fused-ring (bicyclic) bond motifs is 1. The van der Waals surface area contributed by atoms with Crippen LogP contribution in [0.4, 0.5) is 5.69 Å². The highest BCUT2D eigenvalue weighted by Crippen LogP contribution is 2.40. The van der Waals surface area contributed by atoms with Gasteiger partial charge >= 0.3 is 0 Å². The molecule has 2 aliphatic heterocycles. The van der Waals surface area contributed by atoms with Gasteiger partial charge in [-0.15, -0.1) is 0 Å². The van der Waals surface area contributed by atoms with Crippen LogP contribution in [0.25, 0.3) is 0 Å². The van der Waals surface area contributed by atoms with Crippen LogP contribution in [0, 0.1) is 11.8 Å². The van der Waals surface area contributed by atoms with E-state index in [0.29, 0.717) is 32.4 Å². The van der Waals surface area contributed by atoms with Gasteiger partial charge in [0, 0.05) is 37.3 Å². The van der Waals surface area contributed by atoms with Crippen molar-refractivity contribution in [2.45, 2.75) is 56.4 Å². The van der Waals surface area contributed by atoms with Crippen LogP contribution >= 0.6 is 0 Å². The van der Waals surface area contributed by atoms with Crippen molar-refractivity contribution in [3.8, 4) is 0 Å². The Morgan fingerprint density at radius 1 is 1.03 bits per heavy atom. The zero-order valence-electron chi connectivity index (χ0n) is 20.2. The van der Waals surface area contributed by atoms with Crippen molar-refractivity contribution < 1.29 is 18.0 Å². The number of nitrogens with zero attached hydrogens (tertiary/aromatic N) is 2. The van der Waals surface area contributed by atoms with E-state index in [0.717, 1.165) is 36.1 Å². The fourth-order valence-electron chi connectivity index (χ4n) is 5.27. The molecule has 1 N–H and O–H groups in total. The zero-order valence-corrected chi connectivity index (χ0v) is 21.0. The number of sulfonamides is 1. The highest BCUT2D eigenvalue weighted by molar-refractivity contribution is 7.89. The summed E-state index contributed by atoms with van der Waals surface area (Å²) in [5, 5.41) is 2.98. The van der Waals surface area contributed by atoms with E-state index < -0.39 is 10.0 Å². The minimum atomic E-state index is -3.72. The summed E-state index contributed by atoms with van der Waals surface area (Å²) in [6.45, 7) is 3.15. The summed E-state index contributed by atoms with van der Waals surface area (Å²) < 4.78 is 28.4. The highest BCUT2D eigenvalue weighted by atomic mass is 32.2. The second-order valence-corrected chi connectivity index (χ2v) is 12.0. The number of anilines is 1. The largest absolute Gasteiger partial charge is 0.355 e. The Kier molecular flexibility index (Phi) is 6.68. The topological polar surface area (TPSA) is 86.8 Å². The molecule has 2 aromatic carbocycles. The smallest absolute Gasteiger partial charge is 0.243 e. The minimum Gasteiger partial charge on any atom is -0.355 e. The molecule has 0 radical (unpaired) electrons. The molecule has 2 fully saturated rings. The molecule has 8 heteroatoms. The van der Waals surface area contributed by atoms with E-state index in [1.807, 2.05) is 42.2 Å². The predicted octanol–water partition coefficient (Wildman–Crippen LogP) is 3.13. The van der Waals surface area contributed by atoms with Gasteiger partial charge in [-0.1, -0.05) is 30.3 Å². The van der Waals surface area contributed by atoms with Crippen LogP contribution in [0.1, 0.15) is 43.7 Å². The van der Waals surface area contributed by atoms with E-state index in [1.165, 1.54) is 4.31 Å². The van der Waals surface area contributed by atoms with Crippen molar-refractivity contribution in [2.24, 2.45) is 11.8 Å². The van der Waals surface area contributed by atoms with Crippen molar-refractivity contribution in [3.05, 3.63) is 59.7 Å². The number of amides is 2. The average molecular weight is 496 g/mol. The van der Waals surface area contributed by atoms with E-state index in [2.05, 4.69) is 5.32 Å². The van der Waals surface area contributed by atoms with Gasteiger partial charge in [-0.05, 0) is 74.8 Å². The lowest BCUT2D eigenvalue weighted by atomic mass is 9.99. The fourth-order valence-corrected chi connectivity index (χ4v) is 6.85. The quantitative estimate of drug-likeness (QED) is 0.639. The lowest BCUT2D eigenvalue weighted by Crippen LogP contribution is -2.45. The van der Waals surface area contributed by atoms with Crippen molar-refractivity contribution in [1.29, 1.82) is 0 Å². The maximum absolute atomic E-state index is 13.5. The summed E-state index contributed by atoms with van der Waals surface area (Å²) >= 11 is 0. The molecule has 1 saturated carbocycles. The van der Waals surface area contributed by atoms with Gasteiger partial charge in [-0.3, -0.25) is 9.59 Å². The van der Waals surface area contributed by atoms with E-state index in [9.17, 15) is 18.0 Å². The number of nitrogens with one attached hydrogen (secondary N) is 1. The summed E-state index contributed by atoms with van der Waals surface area (Å²) in [5.41, 5.74) is 2.89. The predicted molar refractivity (Wildman–Crippen MR) is 134 cm³/mol. The molecule has 2 heterocycles. The zero-order chi connectivity index (χ0) is 24.6. The number of hydrogen-bond donors (Lipinski definition) is 1. The summed E-state index contributed by atoms with van der Waals surface area (Å²) in [6.07, 6.45) is 4.63. The van der Waals surface area contributed by atoms with Gasteiger partial charge in [0.1, 0.15) is 0 Å². The maximum atomic E-state index is 13.5. The molecule has 35 heavy (non-hydrogen) atoms. The van der Waals surface area contributed by atoms with Crippen LogP contribution in [-0.2, 0) is 32.5 Å². The molecule has 1 saturated heterocycles. The molecular weight excluding hydrogens is 462 g/mol. The number of rotatable bonds is 7. The molecule has 2 unspecified atom stereocenters. The Morgan fingerprint density at radius 3 is 2.54 bits per heavy atom. The molecule has 0 aromatic heterocycles. The fraction of sp³-hybridized carbons (Fsp3) is 0.481. The van der Waals surface area contributed by atoms with E-state index >= 15 is 0 Å². The second kappa shape index (κ2) is 9.74. The Balaban J connectivity index is 1.24. The van der Waals surface area contributed by atoms with Crippen LogP contribution in [0.2, 0.25) is 0 Å². The van der Waals surface area contributed by atoms with Gasteiger partial charge < -0.3 is 10.2 Å². The minimum absolute atomic E-state index is 0.0370. The Hall–Kier alpha value is -2.71. The third-order valence-electron chi connectivity index (χ3n) is 7.38. The standard InChI is InChI=1S/C27H33N3O4S/c1-19-16-23-17-24(11-12-25(23)30(19)27(32)21-9-10-21)35(33,34)29-15-5-8-22(18-29)26(31)28-14-13-20-6-3-2-4-7-20/h2-4,6-7,11-12,17,19,21-22H,5,8-10,13-16,18H2,1H3,(H,28,31). The first kappa shape index (κ1) is 24.0. The van der Waals surface area contributed by atoms with Crippen molar-refractivity contribution in [2.75, 3.05) is 24.5 Å². The maximum Gasteiger partial charge on any atom is 0.243 e. The van der Waals surface area contributed by atoms with E-state index in [-0.39, 0.29) is 41.1 Å². The molecule has 2 amide bonds. The third-order valence-corrected chi connectivity index (χ3v) is 9.24. The molecule has 0 bridgehead atoms. The molecule has 3 aliphatic rings.